The first-order chi connectivity index (χ1) is 9.09. The van der Waals surface area contributed by atoms with Gasteiger partial charge in [-0.3, -0.25) is 0 Å². The summed E-state index contributed by atoms with van der Waals surface area (Å²) in [6.07, 6.45) is 1.07. The largest absolute Gasteiger partial charge is 0.371 e. The van der Waals surface area contributed by atoms with Crippen molar-refractivity contribution >= 4 is 9.84 Å². The Morgan fingerprint density at radius 1 is 1.32 bits per heavy atom. The van der Waals surface area contributed by atoms with Gasteiger partial charge in [-0.05, 0) is 30.5 Å². The smallest absolute Gasteiger partial charge is 0.184 e. The van der Waals surface area contributed by atoms with E-state index < -0.39 is 15.7 Å². The quantitative estimate of drug-likeness (QED) is 0.912. The molecule has 0 aromatic heterocycles. The van der Waals surface area contributed by atoms with Crippen molar-refractivity contribution in [1.82, 2.24) is 5.32 Å². The topological polar surface area (TPSA) is 55.4 Å². The van der Waals surface area contributed by atoms with Crippen LogP contribution in [0.5, 0.6) is 0 Å². The Morgan fingerprint density at radius 2 is 2.11 bits per heavy atom. The summed E-state index contributed by atoms with van der Waals surface area (Å²) in [5.41, 5.74) is 0.680. The van der Waals surface area contributed by atoms with Crippen LogP contribution in [0.1, 0.15) is 24.5 Å². The maximum Gasteiger partial charge on any atom is 0.184 e. The van der Waals surface area contributed by atoms with Crippen LogP contribution in [0.3, 0.4) is 0 Å². The predicted octanol–water partition coefficient (Wildman–Crippen LogP) is 1.42. The number of ether oxygens (including phenoxy) is 1. The van der Waals surface area contributed by atoms with Crippen molar-refractivity contribution in [3.63, 3.8) is 0 Å². The van der Waals surface area contributed by atoms with Crippen LogP contribution in [0.25, 0.3) is 0 Å². The lowest BCUT2D eigenvalue weighted by Gasteiger charge is -2.24. The molecule has 6 heteroatoms. The van der Waals surface area contributed by atoms with E-state index >= 15 is 0 Å². The van der Waals surface area contributed by atoms with Gasteiger partial charge in [-0.1, -0.05) is 6.07 Å². The molecule has 19 heavy (non-hydrogen) atoms. The molecule has 2 fully saturated rings. The van der Waals surface area contributed by atoms with Crippen LogP contribution in [-0.4, -0.2) is 33.4 Å². The van der Waals surface area contributed by atoms with E-state index in [0.717, 1.165) is 6.54 Å². The van der Waals surface area contributed by atoms with E-state index in [9.17, 15) is 12.8 Å². The van der Waals surface area contributed by atoms with Gasteiger partial charge < -0.3 is 10.1 Å². The summed E-state index contributed by atoms with van der Waals surface area (Å²) >= 11 is 0. The van der Waals surface area contributed by atoms with Crippen LogP contribution in [0.15, 0.2) is 23.1 Å². The minimum absolute atomic E-state index is 0.178. The molecule has 4 nitrogen and oxygen atoms in total. The summed E-state index contributed by atoms with van der Waals surface area (Å²) in [4.78, 5) is -0.178. The minimum Gasteiger partial charge on any atom is -0.371 e. The fourth-order valence-electron chi connectivity index (χ4n) is 2.29. The number of sulfone groups is 1. The highest BCUT2D eigenvalue weighted by Gasteiger charge is 2.38. The van der Waals surface area contributed by atoms with Crippen molar-refractivity contribution in [3.05, 3.63) is 29.6 Å². The zero-order chi connectivity index (χ0) is 13.5. The van der Waals surface area contributed by atoms with Gasteiger partial charge in [0.25, 0.3) is 0 Å². The molecule has 0 amide bonds. The molecule has 1 saturated carbocycles. The number of rotatable bonds is 3. The summed E-state index contributed by atoms with van der Waals surface area (Å²) in [6.45, 7) is 1.98. The van der Waals surface area contributed by atoms with Crippen LogP contribution < -0.4 is 5.32 Å². The highest BCUT2D eigenvalue weighted by Crippen LogP contribution is 2.35. The standard InChI is InChI=1S/C13H16FNO3S/c14-11-7-9(12-8-15-5-6-18-12)1-4-13(11)19(16,17)10-2-3-10/h1,4,7,10,12,15H,2-3,5-6,8H2. The van der Waals surface area contributed by atoms with E-state index in [1.54, 1.807) is 6.07 Å². The van der Waals surface area contributed by atoms with Crippen LogP contribution in [0.4, 0.5) is 4.39 Å². The molecule has 1 unspecified atom stereocenters. The highest BCUT2D eigenvalue weighted by molar-refractivity contribution is 7.92. The van der Waals surface area contributed by atoms with Gasteiger partial charge >= 0.3 is 0 Å². The zero-order valence-electron chi connectivity index (χ0n) is 10.4. The summed E-state index contributed by atoms with van der Waals surface area (Å²) in [6, 6.07) is 4.30. The maximum atomic E-state index is 14.0. The first-order valence-electron chi connectivity index (χ1n) is 6.45. The summed E-state index contributed by atoms with van der Waals surface area (Å²) in [5, 5.41) is 2.77. The van der Waals surface area contributed by atoms with E-state index in [2.05, 4.69) is 5.32 Å². The number of halogens is 1. The van der Waals surface area contributed by atoms with Gasteiger partial charge in [-0.2, -0.15) is 0 Å². The molecule has 0 bridgehead atoms. The third-order valence-electron chi connectivity index (χ3n) is 3.53. The Hall–Kier alpha value is -0.980. The third-order valence-corrected chi connectivity index (χ3v) is 5.82. The Labute approximate surface area is 111 Å². The van der Waals surface area contributed by atoms with E-state index in [0.29, 0.717) is 31.6 Å². The van der Waals surface area contributed by atoms with Gasteiger partial charge in [0.05, 0.1) is 18.0 Å². The van der Waals surface area contributed by atoms with Crippen LogP contribution in [0.2, 0.25) is 0 Å². The molecule has 1 aromatic rings. The van der Waals surface area contributed by atoms with Crippen LogP contribution in [0, 0.1) is 5.82 Å². The first kappa shape index (κ1) is 13.0. The fourth-order valence-corrected chi connectivity index (χ4v) is 3.99. The number of hydrogen-bond donors (Lipinski definition) is 1. The van der Waals surface area contributed by atoms with E-state index in [-0.39, 0.29) is 16.2 Å². The van der Waals surface area contributed by atoms with Gasteiger partial charge in [0, 0.05) is 13.1 Å². The number of morpholine rings is 1. The molecular weight excluding hydrogens is 269 g/mol. The van der Waals surface area contributed by atoms with Crippen LogP contribution >= 0.6 is 0 Å². The summed E-state index contributed by atoms with van der Waals surface area (Å²) < 4.78 is 43.6. The molecule has 2 aliphatic rings. The first-order valence-corrected chi connectivity index (χ1v) is 7.99. The number of nitrogens with one attached hydrogen (secondary N) is 1. The lowest BCUT2D eigenvalue weighted by molar-refractivity contribution is 0.0275. The average Bonchev–Trinajstić information content (AvgIpc) is 3.24. The van der Waals surface area contributed by atoms with Gasteiger partial charge in [0.2, 0.25) is 0 Å². The fraction of sp³-hybridized carbons (Fsp3) is 0.538. The Balaban J connectivity index is 1.89. The van der Waals surface area contributed by atoms with Crippen molar-refractivity contribution < 1.29 is 17.5 Å². The summed E-state index contributed by atoms with van der Waals surface area (Å²) in [5.74, 6) is -0.668. The SMILES string of the molecule is O=S(=O)(c1ccc(C2CNCCO2)cc1F)C1CC1. The molecule has 104 valence electrons. The minimum atomic E-state index is -3.48. The molecule has 0 radical (unpaired) electrons. The monoisotopic (exact) mass is 285 g/mol. The van der Waals surface area contributed by atoms with Gasteiger partial charge in [-0.15, -0.1) is 0 Å². The lowest BCUT2D eigenvalue weighted by atomic mass is 10.1. The average molecular weight is 285 g/mol. The van der Waals surface area contributed by atoms with E-state index in [1.807, 2.05) is 0 Å². The second kappa shape index (κ2) is 4.85. The molecule has 3 rings (SSSR count). The van der Waals surface area contributed by atoms with Crippen molar-refractivity contribution in [1.29, 1.82) is 0 Å². The van der Waals surface area contributed by atoms with Crippen molar-refractivity contribution in [3.8, 4) is 0 Å². The van der Waals surface area contributed by atoms with Gasteiger partial charge in [-0.25, -0.2) is 12.8 Å². The number of benzene rings is 1. The Kier molecular flexibility index (Phi) is 3.32. The van der Waals surface area contributed by atoms with Crippen molar-refractivity contribution in [2.75, 3.05) is 19.7 Å². The molecule has 1 heterocycles. The Morgan fingerprint density at radius 3 is 2.68 bits per heavy atom. The van der Waals surface area contributed by atoms with E-state index in [4.69, 9.17) is 4.74 Å². The van der Waals surface area contributed by atoms with Crippen molar-refractivity contribution in [2.24, 2.45) is 0 Å². The molecule has 1 aliphatic carbocycles. The summed E-state index contributed by atoms with van der Waals surface area (Å²) in [7, 11) is -3.48. The molecule has 1 aliphatic heterocycles. The normalized spacial score (nSPS) is 24.4. The second-order valence-electron chi connectivity index (χ2n) is 5.00. The van der Waals surface area contributed by atoms with Gasteiger partial charge in [0.1, 0.15) is 10.7 Å². The second-order valence-corrected chi connectivity index (χ2v) is 7.19. The number of hydrogen-bond acceptors (Lipinski definition) is 4. The molecule has 1 atom stereocenters. The highest BCUT2D eigenvalue weighted by atomic mass is 32.2. The molecule has 1 saturated heterocycles. The molecule has 1 N–H and O–H groups in total. The maximum absolute atomic E-state index is 14.0. The zero-order valence-corrected chi connectivity index (χ0v) is 11.2. The van der Waals surface area contributed by atoms with Crippen molar-refractivity contribution in [2.45, 2.75) is 29.1 Å². The van der Waals surface area contributed by atoms with Gasteiger partial charge in [0.15, 0.2) is 9.84 Å². The Bertz CT molecular complexity index is 578. The predicted molar refractivity (Wildman–Crippen MR) is 68.2 cm³/mol. The molecule has 1 aromatic carbocycles. The van der Waals surface area contributed by atoms with E-state index in [1.165, 1.54) is 12.1 Å². The van der Waals surface area contributed by atoms with Crippen LogP contribution in [-0.2, 0) is 14.6 Å². The lowest BCUT2D eigenvalue weighted by Crippen LogP contribution is -2.33. The molecular formula is C13H16FNO3S. The third kappa shape index (κ3) is 2.52. The molecule has 0 spiro atoms.